The van der Waals surface area contributed by atoms with Gasteiger partial charge in [-0.1, -0.05) is 12.1 Å². The summed E-state index contributed by atoms with van der Waals surface area (Å²) in [5.41, 5.74) is 1.07. The fourth-order valence-corrected chi connectivity index (χ4v) is 5.52. The van der Waals surface area contributed by atoms with Crippen molar-refractivity contribution >= 4 is 17.2 Å². The normalized spacial score (nSPS) is 22.5. The Morgan fingerprint density at radius 3 is 2.93 bits per heavy atom. The van der Waals surface area contributed by atoms with Crippen molar-refractivity contribution < 1.29 is 19.0 Å². The molecule has 1 amide bonds. The summed E-state index contributed by atoms with van der Waals surface area (Å²) in [5.74, 6) is 1.43. The van der Waals surface area contributed by atoms with Gasteiger partial charge < -0.3 is 24.8 Å². The molecule has 5 rings (SSSR count). The molecule has 1 atom stereocenters. The number of benzene rings is 1. The number of carbonyl (C=O) groups is 1. The van der Waals surface area contributed by atoms with Gasteiger partial charge in [-0.15, -0.1) is 11.3 Å². The van der Waals surface area contributed by atoms with Gasteiger partial charge in [0, 0.05) is 4.88 Å². The van der Waals surface area contributed by atoms with Gasteiger partial charge in [-0.05, 0) is 56.1 Å². The lowest BCUT2D eigenvalue weighted by molar-refractivity contribution is -0.0771. The molecule has 148 valence electrons. The van der Waals surface area contributed by atoms with Crippen LogP contribution in [-0.2, 0) is 16.8 Å². The number of nitrogens with one attached hydrogen (secondary N) is 2. The Hall–Kier alpha value is -2.09. The molecule has 28 heavy (non-hydrogen) atoms. The number of ether oxygens (including phenoxy) is 3. The van der Waals surface area contributed by atoms with Gasteiger partial charge in [0.15, 0.2) is 11.5 Å². The van der Waals surface area contributed by atoms with Crippen molar-refractivity contribution in [1.29, 1.82) is 0 Å². The molecule has 2 N–H and O–H groups in total. The van der Waals surface area contributed by atoms with E-state index in [9.17, 15) is 4.79 Å². The summed E-state index contributed by atoms with van der Waals surface area (Å²) in [4.78, 5) is 14.8. The van der Waals surface area contributed by atoms with Crippen molar-refractivity contribution in [3.05, 3.63) is 45.6 Å². The van der Waals surface area contributed by atoms with E-state index in [2.05, 4.69) is 16.7 Å². The van der Waals surface area contributed by atoms with Crippen LogP contribution < -0.4 is 20.1 Å². The molecule has 2 aromatic rings. The molecule has 6 nitrogen and oxygen atoms in total. The highest BCUT2D eigenvalue weighted by Gasteiger charge is 2.41. The first-order valence-corrected chi connectivity index (χ1v) is 10.7. The van der Waals surface area contributed by atoms with Gasteiger partial charge in [0.1, 0.15) is 18.3 Å². The summed E-state index contributed by atoms with van der Waals surface area (Å²) in [6.45, 7) is 3.50. The van der Waals surface area contributed by atoms with Crippen molar-refractivity contribution in [1.82, 2.24) is 10.6 Å². The van der Waals surface area contributed by atoms with E-state index in [1.54, 1.807) is 11.3 Å². The highest BCUT2D eigenvalue weighted by molar-refractivity contribution is 7.14. The monoisotopic (exact) mass is 400 g/mol. The zero-order valence-electron chi connectivity index (χ0n) is 15.7. The Labute approximate surface area is 168 Å². The SMILES string of the molecule is O=C(NCC1COc2ccccc2O1)c1cc2c(s1)C1(CCNCC1)OCC2. The van der Waals surface area contributed by atoms with Crippen LogP contribution in [-0.4, -0.2) is 44.9 Å². The quantitative estimate of drug-likeness (QED) is 0.829. The number of para-hydroxylation sites is 2. The number of thiophene rings is 1. The summed E-state index contributed by atoms with van der Waals surface area (Å²) in [7, 11) is 0. The van der Waals surface area contributed by atoms with E-state index in [0.29, 0.717) is 13.2 Å². The molecule has 0 radical (unpaired) electrons. The fourth-order valence-electron chi connectivity index (χ4n) is 4.19. The minimum absolute atomic E-state index is 0.0501. The molecular formula is C21H24N2O4S. The summed E-state index contributed by atoms with van der Waals surface area (Å²) in [5, 5.41) is 6.41. The molecule has 1 spiro atoms. The predicted molar refractivity (Wildman–Crippen MR) is 106 cm³/mol. The lowest BCUT2D eigenvalue weighted by atomic mass is 9.86. The molecule has 1 fully saturated rings. The maximum atomic E-state index is 12.8. The molecule has 3 aliphatic rings. The van der Waals surface area contributed by atoms with Gasteiger partial charge in [-0.3, -0.25) is 4.79 Å². The second-order valence-corrected chi connectivity index (χ2v) is 8.57. The third kappa shape index (κ3) is 3.27. The molecule has 0 aliphatic carbocycles. The maximum Gasteiger partial charge on any atom is 0.261 e. The Kier molecular flexibility index (Phi) is 4.74. The highest BCUT2D eigenvalue weighted by Crippen LogP contribution is 2.44. The van der Waals surface area contributed by atoms with Crippen LogP contribution in [0.4, 0.5) is 0 Å². The highest BCUT2D eigenvalue weighted by atomic mass is 32.1. The molecule has 3 aliphatic heterocycles. The molecule has 7 heteroatoms. The lowest BCUT2D eigenvalue weighted by Crippen LogP contribution is -2.44. The predicted octanol–water partition coefficient (Wildman–Crippen LogP) is 2.47. The molecule has 4 heterocycles. The topological polar surface area (TPSA) is 68.8 Å². The summed E-state index contributed by atoms with van der Waals surface area (Å²) in [6, 6.07) is 9.66. The van der Waals surface area contributed by atoms with Crippen molar-refractivity contribution in [2.24, 2.45) is 0 Å². The molecule has 1 unspecified atom stereocenters. The second kappa shape index (κ2) is 7.39. The number of carbonyl (C=O) groups excluding carboxylic acids is 1. The fraction of sp³-hybridized carbons (Fsp3) is 0.476. The van der Waals surface area contributed by atoms with Crippen LogP contribution in [0.25, 0.3) is 0 Å². The Morgan fingerprint density at radius 2 is 2.07 bits per heavy atom. The van der Waals surface area contributed by atoms with Gasteiger partial charge in [-0.2, -0.15) is 0 Å². The third-order valence-electron chi connectivity index (χ3n) is 5.67. The minimum atomic E-state index is -0.202. The van der Waals surface area contributed by atoms with E-state index in [1.165, 1.54) is 10.4 Å². The summed E-state index contributed by atoms with van der Waals surface area (Å²) < 4.78 is 17.9. The number of hydrogen-bond acceptors (Lipinski definition) is 6. The average molecular weight is 401 g/mol. The smallest absolute Gasteiger partial charge is 0.261 e. The van der Waals surface area contributed by atoms with Crippen LogP contribution in [0, 0.1) is 0 Å². The summed E-state index contributed by atoms with van der Waals surface area (Å²) in [6.07, 6.45) is 2.63. The molecular weight excluding hydrogens is 376 g/mol. The van der Waals surface area contributed by atoms with E-state index in [4.69, 9.17) is 14.2 Å². The number of rotatable bonds is 3. The van der Waals surface area contributed by atoms with E-state index in [1.807, 2.05) is 24.3 Å². The molecule has 1 saturated heterocycles. The van der Waals surface area contributed by atoms with Crippen molar-refractivity contribution in [2.75, 3.05) is 32.8 Å². The van der Waals surface area contributed by atoms with E-state index in [-0.39, 0.29) is 17.6 Å². The van der Waals surface area contributed by atoms with Gasteiger partial charge in [0.25, 0.3) is 5.91 Å². The minimum Gasteiger partial charge on any atom is -0.486 e. The van der Waals surface area contributed by atoms with E-state index >= 15 is 0 Å². The van der Waals surface area contributed by atoms with Gasteiger partial charge in [0.05, 0.1) is 18.0 Å². The second-order valence-electron chi connectivity index (χ2n) is 7.52. The van der Waals surface area contributed by atoms with Crippen LogP contribution in [0.1, 0.15) is 33.0 Å². The number of hydrogen-bond donors (Lipinski definition) is 2. The van der Waals surface area contributed by atoms with Crippen molar-refractivity contribution in [2.45, 2.75) is 31.0 Å². The maximum absolute atomic E-state index is 12.8. The molecule has 1 aromatic carbocycles. The first kappa shape index (κ1) is 18.0. The van der Waals surface area contributed by atoms with Crippen LogP contribution >= 0.6 is 11.3 Å². The van der Waals surface area contributed by atoms with Gasteiger partial charge in [-0.25, -0.2) is 0 Å². The van der Waals surface area contributed by atoms with E-state index in [0.717, 1.165) is 55.3 Å². The third-order valence-corrected chi connectivity index (χ3v) is 7.03. The zero-order valence-corrected chi connectivity index (χ0v) is 16.5. The summed E-state index contributed by atoms with van der Waals surface area (Å²) >= 11 is 1.59. The molecule has 1 aromatic heterocycles. The van der Waals surface area contributed by atoms with Crippen molar-refractivity contribution in [3.63, 3.8) is 0 Å². The Balaban J connectivity index is 1.26. The van der Waals surface area contributed by atoms with Gasteiger partial charge >= 0.3 is 0 Å². The van der Waals surface area contributed by atoms with Crippen LogP contribution in [0.15, 0.2) is 30.3 Å². The first-order valence-electron chi connectivity index (χ1n) is 9.88. The number of fused-ring (bicyclic) bond motifs is 3. The van der Waals surface area contributed by atoms with Gasteiger partial charge in [0.2, 0.25) is 0 Å². The van der Waals surface area contributed by atoms with Crippen molar-refractivity contribution in [3.8, 4) is 11.5 Å². The number of amides is 1. The van der Waals surface area contributed by atoms with Crippen LogP contribution in [0.3, 0.4) is 0 Å². The first-order chi connectivity index (χ1) is 13.7. The largest absolute Gasteiger partial charge is 0.486 e. The van der Waals surface area contributed by atoms with E-state index < -0.39 is 0 Å². The van der Waals surface area contributed by atoms with Crippen LogP contribution in [0.2, 0.25) is 0 Å². The average Bonchev–Trinajstić information content (AvgIpc) is 3.19. The molecule has 0 bridgehead atoms. The number of piperidine rings is 1. The Morgan fingerprint density at radius 1 is 1.25 bits per heavy atom. The standard InChI is InChI=1S/C21H24N2O4S/c24-20(23-12-15-13-25-16-3-1-2-4-17(16)27-15)18-11-14-5-10-26-21(19(14)28-18)6-8-22-9-7-21/h1-4,11,15,22H,5-10,12-13H2,(H,23,24). The Bertz CT molecular complexity index is 875. The lowest BCUT2D eigenvalue weighted by Gasteiger charge is -2.40. The zero-order chi connectivity index (χ0) is 19.0. The van der Waals surface area contributed by atoms with Crippen LogP contribution in [0.5, 0.6) is 11.5 Å². The molecule has 0 saturated carbocycles.